The van der Waals surface area contributed by atoms with Gasteiger partial charge < -0.3 is 26.5 Å². The summed E-state index contributed by atoms with van der Waals surface area (Å²) in [5.74, 6) is 2.02. The van der Waals surface area contributed by atoms with Crippen molar-refractivity contribution in [2.24, 2.45) is 5.73 Å². The Kier molecular flexibility index (Phi) is 4.57. The van der Waals surface area contributed by atoms with Gasteiger partial charge >= 0.3 is 0 Å². The van der Waals surface area contributed by atoms with Crippen molar-refractivity contribution < 1.29 is 35.8 Å². The zero-order chi connectivity index (χ0) is 15.8. The van der Waals surface area contributed by atoms with E-state index in [1.165, 1.54) is 0 Å². The average Bonchev–Trinajstić information content (AvgIpc) is 2.90. The van der Waals surface area contributed by atoms with Gasteiger partial charge in [0.25, 0.3) is 5.84 Å². The highest BCUT2D eigenvalue weighted by molar-refractivity contribution is 5.98. The van der Waals surface area contributed by atoms with Crippen LogP contribution in [0.3, 0.4) is 0 Å². The molecule has 2 aromatic rings. The standard InChI is InChI=1S/C18H16N2O3.BrH/c19-18-10-12-3-1-2-4-14(12)20(18)11-15(21)13-5-6-16-17(9-13)23-8-7-22-16;/h1-6,9,19H,7-8,10-11H2;1H. The van der Waals surface area contributed by atoms with E-state index in [2.05, 4.69) is 0 Å². The molecule has 0 radical (unpaired) electrons. The number of para-hydroxylation sites is 1. The van der Waals surface area contributed by atoms with Crippen molar-refractivity contribution in [1.29, 1.82) is 0 Å². The molecule has 2 aliphatic rings. The molecule has 4 rings (SSSR count). The lowest BCUT2D eigenvalue weighted by atomic mass is 10.1. The Morgan fingerprint density at radius 3 is 2.67 bits per heavy atom. The average molecular weight is 389 g/mol. The maximum Gasteiger partial charge on any atom is 0.252 e. The van der Waals surface area contributed by atoms with Crippen molar-refractivity contribution in [2.75, 3.05) is 19.8 Å². The molecule has 0 aliphatic carbocycles. The van der Waals surface area contributed by atoms with Crippen molar-refractivity contribution in [3.05, 3.63) is 53.6 Å². The van der Waals surface area contributed by atoms with Crippen LogP contribution < -0.4 is 32.2 Å². The van der Waals surface area contributed by atoms with Gasteiger partial charge in [-0.3, -0.25) is 10.5 Å². The number of ketones is 1. The van der Waals surface area contributed by atoms with Gasteiger partial charge in [0.2, 0.25) is 5.78 Å². The van der Waals surface area contributed by atoms with E-state index in [0.29, 0.717) is 42.5 Å². The summed E-state index contributed by atoms with van der Waals surface area (Å²) in [5.41, 5.74) is 8.88. The molecule has 0 aromatic heterocycles. The predicted octanol–water partition coefficient (Wildman–Crippen LogP) is -1.10. The normalized spacial score (nSPS) is 14.8. The van der Waals surface area contributed by atoms with Crippen LogP contribution in [0.15, 0.2) is 42.5 Å². The van der Waals surface area contributed by atoms with E-state index >= 15 is 0 Å². The third-order valence-corrected chi connectivity index (χ3v) is 4.17. The molecule has 0 amide bonds. The zero-order valence-corrected chi connectivity index (χ0v) is 14.6. The van der Waals surface area contributed by atoms with Gasteiger partial charge in [0.1, 0.15) is 18.9 Å². The Balaban J connectivity index is 0.00000169. The summed E-state index contributed by atoms with van der Waals surface area (Å²) in [6.07, 6.45) is 0.685. The van der Waals surface area contributed by atoms with E-state index in [1.54, 1.807) is 18.2 Å². The Labute approximate surface area is 150 Å². The molecule has 6 heteroatoms. The van der Waals surface area contributed by atoms with Crippen LogP contribution in [0.25, 0.3) is 0 Å². The number of carbonyl (C=O) groups is 1. The van der Waals surface area contributed by atoms with Gasteiger partial charge in [-0.15, -0.1) is 0 Å². The fourth-order valence-corrected chi connectivity index (χ4v) is 3.01. The number of Topliss-reactive ketones (excluding diaryl/α,β-unsaturated/α-hetero) is 1. The molecule has 0 spiro atoms. The molecule has 0 atom stereocenters. The number of ether oxygens (including phenoxy) is 2. The first-order chi connectivity index (χ1) is 11.2. The Bertz CT molecular complexity index is 833. The van der Waals surface area contributed by atoms with Crippen LogP contribution in [-0.2, 0) is 6.42 Å². The highest BCUT2D eigenvalue weighted by atomic mass is 79.9. The quantitative estimate of drug-likeness (QED) is 0.535. The van der Waals surface area contributed by atoms with Gasteiger partial charge in [-0.25, -0.2) is 4.58 Å². The predicted molar refractivity (Wildman–Crippen MR) is 85.9 cm³/mol. The van der Waals surface area contributed by atoms with Gasteiger partial charge in [-0.1, -0.05) is 18.2 Å². The summed E-state index contributed by atoms with van der Waals surface area (Å²) >= 11 is 0. The first-order valence-electron chi connectivity index (χ1n) is 7.62. The molecule has 0 saturated carbocycles. The molecule has 0 unspecified atom stereocenters. The molecule has 5 nitrogen and oxygen atoms in total. The minimum absolute atomic E-state index is 0. The van der Waals surface area contributed by atoms with E-state index in [4.69, 9.17) is 15.2 Å². The smallest absolute Gasteiger partial charge is 0.252 e. The number of nitrogens with zero attached hydrogens (tertiary/aromatic N) is 1. The number of fused-ring (bicyclic) bond motifs is 2. The molecular formula is C18H17BrN2O3. The SMILES string of the molecule is NC1=[N+](CC(=O)c2ccc3c(c2)OCCO3)c2ccccc2C1.[Br-]. The van der Waals surface area contributed by atoms with Crippen LogP contribution in [0.4, 0.5) is 5.69 Å². The van der Waals surface area contributed by atoms with Gasteiger partial charge in [-0.05, 0) is 24.3 Å². The van der Waals surface area contributed by atoms with Gasteiger partial charge in [0.05, 0.1) is 6.42 Å². The van der Waals surface area contributed by atoms with Gasteiger partial charge in [0.15, 0.2) is 18.0 Å². The van der Waals surface area contributed by atoms with Crippen LogP contribution in [0.5, 0.6) is 11.5 Å². The van der Waals surface area contributed by atoms with Gasteiger partial charge in [0, 0.05) is 11.1 Å². The Hall–Kier alpha value is -2.34. The number of nitrogens with two attached hydrogens (primary N) is 1. The molecule has 0 fully saturated rings. The zero-order valence-electron chi connectivity index (χ0n) is 13.0. The first-order valence-corrected chi connectivity index (χ1v) is 7.62. The summed E-state index contributed by atoms with van der Waals surface area (Å²) < 4.78 is 12.9. The van der Waals surface area contributed by atoms with E-state index in [1.807, 2.05) is 28.8 Å². The number of amidine groups is 1. The van der Waals surface area contributed by atoms with Crippen LogP contribution in [0.2, 0.25) is 0 Å². The molecule has 2 aliphatic heterocycles. The summed E-state index contributed by atoms with van der Waals surface area (Å²) in [6.45, 7) is 1.27. The van der Waals surface area contributed by atoms with Crippen LogP contribution in [0, 0.1) is 0 Å². The Morgan fingerprint density at radius 1 is 1.08 bits per heavy atom. The highest BCUT2D eigenvalue weighted by Gasteiger charge is 2.27. The van der Waals surface area contributed by atoms with Gasteiger partial charge in [-0.2, -0.15) is 0 Å². The number of hydrogen-bond acceptors (Lipinski definition) is 4. The molecule has 0 bridgehead atoms. The largest absolute Gasteiger partial charge is 1.00 e. The second kappa shape index (κ2) is 6.65. The van der Waals surface area contributed by atoms with Crippen molar-refractivity contribution in [3.8, 4) is 11.5 Å². The number of hydrogen-bond donors (Lipinski definition) is 1. The number of carbonyl (C=O) groups excluding carboxylic acids is 1. The fraction of sp³-hybridized carbons (Fsp3) is 0.222. The third-order valence-electron chi connectivity index (χ3n) is 4.17. The lowest BCUT2D eigenvalue weighted by Crippen LogP contribution is -3.00. The molecule has 124 valence electrons. The first kappa shape index (κ1) is 16.5. The summed E-state index contributed by atoms with van der Waals surface area (Å²) in [7, 11) is 0. The highest BCUT2D eigenvalue weighted by Crippen LogP contribution is 2.31. The molecule has 2 N–H and O–H groups in total. The van der Waals surface area contributed by atoms with Crippen LogP contribution in [-0.4, -0.2) is 36.0 Å². The summed E-state index contributed by atoms with van der Waals surface area (Å²) in [4.78, 5) is 12.6. The maximum absolute atomic E-state index is 12.6. The number of benzene rings is 2. The van der Waals surface area contributed by atoms with E-state index in [9.17, 15) is 4.79 Å². The molecule has 2 aromatic carbocycles. The monoisotopic (exact) mass is 388 g/mol. The number of halogens is 1. The van der Waals surface area contributed by atoms with Crippen molar-refractivity contribution in [1.82, 2.24) is 0 Å². The van der Waals surface area contributed by atoms with Crippen LogP contribution >= 0.6 is 0 Å². The topological polar surface area (TPSA) is 64.6 Å². The Morgan fingerprint density at radius 2 is 1.83 bits per heavy atom. The van der Waals surface area contributed by atoms with E-state index in [-0.39, 0.29) is 29.3 Å². The van der Waals surface area contributed by atoms with E-state index in [0.717, 1.165) is 11.3 Å². The minimum atomic E-state index is 0. The minimum Gasteiger partial charge on any atom is -1.00 e. The molecule has 0 saturated heterocycles. The molecular weight excluding hydrogens is 372 g/mol. The fourth-order valence-electron chi connectivity index (χ4n) is 3.01. The second-order valence-corrected chi connectivity index (χ2v) is 5.66. The summed E-state index contributed by atoms with van der Waals surface area (Å²) in [5, 5.41) is 0. The lowest BCUT2D eigenvalue weighted by molar-refractivity contribution is -0.423. The maximum atomic E-state index is 12.6. The van der Waals surface area contributed by atoms with Crippen molar-refractivity contribution in [3.63, 3.8) is 0 Å². The lowest BCUT2D eigenvalue weighted by Gasteiger charge is -2.18. The van der Waals surface area contributed by atoms with Crippen molar-refractivity contribution >= 4 is 17.3 Å². The summed E-state index contributed by atoms with van der Waals surface area (Å²) in [6, 6.07) is 13.3. The number of rotatable bonds is 3. The third kappa shape index (κ3) is 2.89. The van der Waals surface area contributed by atoms with E-state index < -0.39 is 0 Å². The second-order valence-electron chi connectivity index (χ2n) is 5.66. The van der Waals surface area contributed by atoms with Crippen LogP contribution in [0.1, 0.15) is 15.9 Å². The molecule has 24 heavy (non-hydrogen) atoms. The van der Waals surface area contributed by atoms with Crippen molar-refractivity contribution in [2.45, 2.75) is 6.42 Å². The molecule has 2 heterocycles.